The number of nitrogens with zero attached hydrogens (tertiary/aromatic N) is 2. The molecule has 0 saturated heterocycles. The predicted molar refractivity (Wildman–Crippen MR) is 74.3 cm³/mol. The number of nitrogens with one attached hydrogen (secondary N) is 1. The van der Waals surface area contributed by atoms with Crippen molar-refractivity contribution in [2.75, 3.05) is 13.7 Å². The molecule has 0 bridgehead atoms. The number of H-pyrrole nitrogens is 1. The molecule has 6 heteroatoms. The molecule has 20 heavy (non-hydrogen) atoms. The Hall–Kier alpha value is -2.37. The number of benzene rings is 1. The molecule has 1 N–H and O–H groups in total. The lowest BCUT2D eigenvalue weighted by atomic mass is 10.1. The van der Waals surface area contributed by atoms with Crippen LogP contribution in [0.3, 0.4) is 0 Å². The number of hydrogen-bond donors (Lipinski definition) is 1. The molecule has 1 aromatic heterocycles. The summed E-state index contributed by atoms with van der Waals surface area (Å²) in [4.78, 5) is 25.4. The van der Waals surface area contributed by atoms with Gasteiger partial charge in [-0.05, 0) is 32.0 Å². The van der Waals surface area contributed by atoms with E-state index in [-0.39, 0.29) is 18.5 Å². The number of aromatic amines is 1. The Bertz CT molecular complexity index is 633. The normalized spacial score (nSPS) is 10.8. The topological polar surface area (TPSA) is 75.3 Å². The summed E-state index contributed by atoms with van der Waals surface area (Å²) in [6, 6.07) is 5.18. The molecule has 0 unspecified atom stereocenters. The maximum absolute atomic E-state index is 12.5. The number of carbonyl (C=O) groups is 2. The van der Waals surface area contributed by atoms with E-state index in [1.165, 1.54) is 12.0 Å². The second kappa shape index (κ2) is 5.73. The van der Waals surface area contributed by atoms with Crippen LogP contribution in [0.1, 0.15) is 24.2 Å². The summed E-state index contributed by atoms with van der Waals surface area (Å²) in [5.41, 5.74) is 1.39. The average molecular weight is 275 g/mol. The van der Waals surface area contributed by atoms with E-state index >= 15 is 0 Å². The van der Waals surface area contributed by atoms with Gasteiger partial charge in [-0.15, -0.1) is 0 Å². The van der Waals surface area contributed by atoms with Gasteiger partial charge in [-0.25, -0.2) is 0 Å². The molecule has 2 aromatic rings. The minimum Gasteiger partial charge on any atom is -0.468 e. The number of aromatic nitrogens is 2. The van der Waals surface area contributed by atoms with Crippen molar-refractivity contribution in [2.24, 2.45) is 0 Å². The quantitative estimate of drug-likeness (QED) is 0.860. The number of methoxy groups -OCH3 is 1. The van der Waals surface area contributed by atoms with Crippen LogP contribution in [0.5, 0.6) is 0 Å². The minimum absolute atomic E-state index is 0.0591. The molecule has 0 aliphatic heterocycles. The molecule has 1 amide bonds. The van der Waals surface area contributed by atoms with Crippen LogP contribution in [-0.4, -0.2) is 46.7 Å². The summed E-state index contributed by atoms with van der Waals surface area (Å²) in [7, 11) is 1.31. The molecule has 1 aromatic carbocycles. The zero-order valence-electron chi connectivity index (χ0n) is 11.7. The van der Waals surface area contributed by atoms with Crippen molar-refractivity contribution in [2.45, 2.75) is 19.9 Å². The zero-order chi connectivity index (χ0) is 14.7. The van der Waals surface area contributed by atoms with Gasteiger partial charge >= 0.3 is 5.97 Å². The number of hydrogen-bond acceptors (Lipinski definition) is 4. The van der Waals surface area contributed by atoms with Crippen molar-refractivity contribution in [1.82, 2.24) is 15.1 Å². The van der Waals surface area contributed by atoms with Crippen molar-refractivity contribution < 1.29 is 14.3 Å². The van der Waals surface area contributed by atoms with Crippen molar-refractivity contribution in [3.63, 3.8) is 0 Å². The Morgan fingerprint density at radius 3 is 2.80 bits per heavy atom. The summed E-state index contributed by atoms with van der Waals surface area (Å²) in [6.45, 7) is 3.66. The first-order valence-electron chi connectivity index (χ1n) is 6.34. The monoisotopic (exact) mass is 275 g/mol. The standard InChI is InChI=1S/C14H17N3O3/c1-9(2)17(8-13(18)20-3)14(19)10-4-5-12-11(6-10)7-15-16-12/h4-7,9H,8H2,1-3H3,(H,15,16). The second-order valence-electron chi connectivity index (χ2n) is 4.77. The summed E-state index contributed by atoms with van der Waals surface area (Å²) < 4.78 is 4.63. The van der Waals surface area contributed by atoms with Crippen LogP contribution >= 0.6 is 0 Å². The third kappa shape index (κ3) is 2.79. The first-order valence-corrected chi connectivity index (χ1v) is 6.34. The van der Waals surface area contributed by atoms with Gasteiger partial charge < -0.3 is 9.64 Å². The van der Waals surface area contributed by atoms with E-state index in [9.17, 15) is 9.59 Å². The van der Waals surface area contributed by atoms with Gasteiger partial charge in [-0.1, -0.05) is 0 Å². The third-order valence-electron chi connectivity index (χ3n) is 3.10. The first kappa shape index (κ1) is 14.0. The zero-order valence-corrected chi connectivity index (χ0v) is 11.7. The van der Waals surface area contributed by atoms with E-state index in [1.54, 1.807) is 24.4 Å². The van der Waals surface area contributed by atoms with E-state index in [0.717, 1.165) is 10.9 Å². The number of amides is 1. The Morgan fingerprint density at radius 1 is 1.40 bits per heavy atom. The third-order valence-corrected chi connectivity index (χ3v) is 3.10. The molecule has 1 heterocycles. The summed E-state index contributed by atoms with van der Waals surface area (Å²) in [5, 5.41) is 7.61. The molecular formula is C14H17N3O3. The molecule has 0 aliphatic rings. The van der Waals surface area contributed by atoms with Gasteiger partial charge in [0.15, 0.2) is 0 Å². The lowest BCUT2D eigenvalue weighted by Crippen LogP contribution is -2.41. The van der Waals surface area contributed by atoms with Gasteiger partial charge in [0.25, 0.3) is 5.91 Å². The molecule has 0 aliphatic carbocycles. The van der Waals surface area contributed by atoms with Crippen LogP contribution in [0, 0.1) is 0 Å². The maximum atomic E-state index is 12.5. The van der Waals surface area contributed by atoms with Crippen LogP contribution in [0.2, 0.25) is 0 Å². The van der Waals surface area contributed by atoms with Gasteiger partial charge in [0.1, 0.15) is 6.54 Å². The van der Waals surface area contributed by atoms with Crippen LogP contribution in [0.4, 0.5) is 0 Å². The van der Waals surface area contributed by atoms with Gasteiger partial charge in [0.2, 0.25) is 0 Å². The van der Waals surface area contributed by atoms with E-state index in [1.807, 2.05) is 13.8 Å². The number of ether oxygens (including phenoxy) is 1. The Balaban J connectivity index is 2.28. The van der Waals surface area contributed by atoms with Crippen molar-refractivity contribution in [3.05, 3.63) is 30.0 Å². The molecule has 0 atom stereocenters. The Kier molecular flexibility index (Phi) is 4.02. The molecule has 6 nitrogen and oxygen atoms in total. The second-order valence-corrected chi connectivity index (χ2v) is 4.77. The summed E-state index contributed by atoms with van der Waals surface area (Å²) in [6.07, 6.45) is 1.66. The molecular weight excluding hydrogens is 258 g/mol. The highest BCUT2D eigenvalue weighted by Gasteiger charge is 2.22. The Morgan fingerprint density at radius 2 is 2.15 bits per heavy atom. The molecule has 2 rings (SSSR count). The predicted octanol–water partition coefficient (Wildman–Crippen LogP) is 1.59. The minimum atomic E-state index is -0.434. The van der Waals surface area contributed by atoms with Gasteiger partial charge in [0.05, 0.1) is 18.8 Å². The summed E-state index contributed by atoms with van der Waals surface area (Å²) in [5.74, 6) is -0.634. The molecule has 106 valence electrons. The van der Waals surface area contributed by atoms with E-state index in [0.29, 0.717) is 5.56 Å². The smallest absolute Gasteiger partial charge is 0.325 e. The van der Waals surface area contributed by atoms with Gasteiger partial charge in [-0.2, -0.15) is 5.10 Å². The van der Waals surface area contributed by atoms with Crippen molar-refractivity contribution in [3.8, 4) is 0 Å². The number of esters is 1. The fraction of sp³-hybridized carbons (Fsp3) is 0.357. The van der Waals surface area contributed by atoms with Crippen LogP contribution in [0.25, 0.3) is 10.9 Å². The van der Waals surface area contributed by atoms with Crippen LogP contribution in [0.15, 0.2) is 24.4 Å². The van der Waals surface area contributed by atoms with Crippen LogP contribution in [-0.2, 0) is 9.53 Å². The Labute approximate surface area is 116 Å². The first-order chi connectivity index (χ1) is 9.52. The lowest BCUT2D eigenvalue weighted by Gasteiger charge is -2.25. The van der Waals surface area contributed by atoms with Crippen molar-refractivity contribution >= 4 is 22.8 Å². The number of fused-ring (bicyclic) bond motifs is 1. The fourth-order valence-corrected chi connectivity index (χ4v) is 1.93. The molecule has 0 radical (unpaired) electrons. The molecule has 0 fully saturated rings. The van der Waals surface area contributed by atoms with E-state index < -0.39 is 5.97 Å². The average Bonchev–Trinajstić information content (AvgIpc) is 2.90. The maximum Gasteiger partial charge on any atom is 0.325 e. The highest BCUT2D eigenvalue weighted by atomic mass is 16.5. The summed E-state index contributed by atoms with van der Waals surface area (Å²) >= 11 is 0. The van der Waals surface area contributed by atoms with Gasteiger partial charge in [0, 0.05) is 17.0 Å². The molecule has 0 saturated carbocycles. The highest BCUT2D eigenvalue weighted by molar-refractivity contribution is 5.99. The van der Waals surface area contributed by atoms with Crippen LogP contribution < -0.4 is 0 Å². The van der Waals surface area contributed by atoms with E-state index in [4.69, 9.17) is 0 Å². The fourth-order valence-electron chi connectivity index (χ4n) is 1.93. The number of rotatable bonds is 4. The lowest BCUT2D eigenvalue weighted by molar-refractivity contribution is -0.141. The highest BCUT2D eigenvalue weighted by Crippen LogP contribution is 2.15. The van der Waals surface area contributed by atoms with E-state index in [2.05, 4.69) is 14.9 Å². The largest absolute Gasteiger partial charge is 0.468 e. The van der Waals surface area contributed by atoms with Crippen molar-refractivity contribution in [1.29, 1.82) is 0 Å². The SMILES string of the molecule is COC(=O)CN(C(=O)c1ccc2[nH]ncc2c1)C(C)C. The number of carbonyl (C=O) groups excluding carboxylic acids is 2. The van der Waals surface area contributed by atoms with Gasteiger partial charge in [-0.3, -0.25) is 14.7 Å². The molecule has 0 spiro atoms.